The van der Waals surface area contributed by atoms with Gasteiger partial charge in [-0.05, 0) is 44.6 Å². The van der Waals surface area contributed by atoms with E-state index in [9.17, 15) is 4.79 Å². The molecule has 0 spiro atoms. The largest absolute Gasteiger partial charge is 0.354 e. The fraction of sp³-hybridized carbons (Fsp3) is 0.600. The Bertz CT molecular complexity index is 423. The fourth-order valence-corrected chi connectivity index (χ4v) is 2.55. The SMILES string of the molecule is CC[C@H](C(=O)NCCC1=CCCCC1)n1cccn1. The maximum Gasteiger partial charge on any atom is 0.244 e. The topological polar surface area (TPSA) is 46.9 Å². The molecule has 4 heteroatoms. The highest BCUT2D eigenvalue weighted by molar-refractivity contribution is 5.80. The molecule has 19 heavy (non-hydrogen) atoms. The molecule has 1 aromatic rings. The van der Waals surface area contributed by atoms with Crippen molar-refractivity contribution in [1.29, 1.82) is 0 Å². The zero-order chi connectivity index (χ0) is 13.5. The van der Waals surface area contributed by atoms with Crippen molar-refractivity contribution in [3.63, 3.8) is 0 Å². The molecule has 2 rings (SSSR count). The molecule has 1 aliphatic rings. The number of allylic oxidation sites excluding steroid dienone is 1. The van der Waals surface area contributed by atoms with E-state index in [-0.39, 0.29) is 11.9 Å². The van der Waals surface area contributed by atoms with Crippen LogP contribution in [-0.2, 0) is 4.79 Å². The van der Waals surface area contributed by atoms with Crippen molar-refractivity contribution in [2.75, 3.05) is 6.54 Å². The lowest BCUT2D eigenvalue weighted by atomic mass is 9.97. The molecule has 0 aromatic carbocycles. The maximum atomic E-state index is 12.1. The van der Waals surface area contributed by atoms with E-state index >= 15 is 0 Å². The molecule has 1 atom stereocenters. The number of hydrogen-bond donors (Lipinski definition) is 1. The molecule has 0 aliphatic heterocycles. The normalized spacial score (nSPS) is 16.8. The van der Waals surface area contributed by atoms with Gasteiger partial charge in [0.05, 0.1) is 0 Å². The number of rotatable bonds is 6. The van der Waals surface area contributed by atoms with Gasteiger partial charge in [0, 0.05) is 18.9 Å². The van der Waals surface area contributed by atoms with Gasteiger partial charge in [-0.2, -0.15) is 5.10 Å². The van der Waals surface area contributed by atoms with E-state index < -0.39 is 0 Å². The monoisotopic (exact) mass is 261 g/mol. The van der Waals surface area contributed by atoms with E-state index in [0.717, 1.165) is 19.4 Å². The van der Waals surface area contributed by atoms with Crippen molar-refractivity contribution >= 4 is 5.91 Å². The van der Waals surface area contributed by atoms with Crippen LogP contribution in [0.4, 0.5) is 0 Å². The molecule has 1 heterocycles. The lowest BCUT2D eigenvalue weighted by molar-refractivity contribution is -0.124. The predicted molar refractivity (Wildman–Crippen MR) is 75.7 cm³/mol. The quantitative estimate of drug-likeness (QED) is 0.800. The summed E-state index contributed by atoms with van der Waals surface area (Å²) < 4.78 is 1.73. The Labute approximate surface area is 114 Å². The molecule has 1 aromatic heterocycles. The van der Waals surface area contributed by atoms with Crippen LogP contribution in [0.3, 0.4) is 0 Å². The minimum atomic E-state index is -0.185. The minimum Gasteiger partial charge on any atom is -0.354 e. The van der Waals surface area contributed by atoms with Crippen LogP contribution in [0.25, 0.3) is 0 Å². The standard InChI is InChI=1S/C15H23N3O/c1-2-14(18-12-6-10-17-18)15(19)16-11-9-13-7-4-3-5-8-13/h6-7,10,12,14H,2-5,8-9,11H2,1H3,(H,16,19)/t14-/m1/s1. The number of nitrogens with zero attached hydrogens (tertiary/aromatic N) is 2. The van der Waals surface area contributed by atoms with Gasteiger partial charge in [0.1, 0.15) is 6.04 Å². The first-order valence-electron chi connectivity index (χ1n) is 7.26. The van der Waals surface area contributed by atoms with Crippen LogP contribution in [0.5, 0.6) is 0 Å². The first kappa shape index (κ1) is 13.8. The number of aromatic nitrogens is 2. The van der Waals surface area contributed by atoms with Gasteiger partial charge in [0.25, 0.3) is 0 Å². The van der Waals surface area contributed by atoms with E-state index in [1.54, 1.807) is 10.9 Å². The van der Waals surface area contributed by atoms with E-state index in [0.29, 0.717) is 0 Å². The lowest BCUT2D eigenvalue weighted by Gasteiger charge is -2.17. The van der Waals surface area contributed by atoms with Gasteiger partial charge in [-0.25, -0.2) is 0 Å². The molecule has 0 fully saturated rings. The summed E-state index contributed by atoms with van der Waals surface area (Å²) in [5.74, 6) is 0.0719. The van der Waals surface area contributed by atoms with Crippen LogP contribution < -0.4 is 5.32 Å². The molecule has 1 aliphatic carbocycles. The van der Waals surface area contributed by atoms with Crippen molar-refractivity contribution in [2.45, 2.75) is 51.5 Å². The van der Waals surface area contributed by atoms with Gasteiger partial charge in [0.2, 0.25) is 5.91 Å². The molecule has 0 bridgehead atoms. The molecular weight excluding hydrogens is 238 g/mol. The number of amides is 1. The highest BCUT2D eigenvalue weighted by Gasteiger charge is 2.17. The summed E-state index contributed by atoms with van der Waals surface area (Å²) in [6, 6.07) is 1.67. The first-order valence-corrected chi connectivity index (χ1v) is 7.26. The third kappa shape index (κ3) is 3.94. The fourth-order valence-electron chi connectivity index (χ4n) is 2.55. The van der Waals surface area contributed by atoms with Crippen molar-refractivity contribution in [3.8, 4) is 0 Å². The number of hydrogen-bond acceptors (Lipinski definition) is 2. The van der Waals surface area contributed by atoms with E-state index in [2.05, 4.69) is 16.5 Å². The van der Waals surface area contributed by atoms with Crippen LogP contribution in [0.15, 0.2) is 30.1 Å². The Morgan fingerprint density at radius 1 is 1.53 bits per heavy atom. The van der Waals surface area contributed by atoms with Gasteiger partial charge in [-0.15, -0.1) is 0 Å². The summed E-state index contributed by atoms with van der Waals surface area (Å²) in [6.07, 6.45) is 12.6. The molecular formula is C15H23N3O. The molecule has 1 amide bonds. The number of nitrogens with one attached hydrogen (secondary N) is 1. The van der Waals surface area contributed by atoms with E-state index in [1.165, 1.54) is 31.3 Å². The number of carbonyl (C=O) groups is 1. The Morgan fingerprint density at radius 3 is 3.05 bits per heavy atom. The average molecular weight is 261 g/mol. The Balaban J connectivity index is 1.78. The van der Waals surface area contributed by atoms with E-state index in [1.807, 2.05) is 19.2 Å². The van der Waals surface area contributed by atoms with Crippen molar-refractivity contribution in [1.82, 2.24) is 15.1 Å². The van der Waals surface area contributed by atoms with Crippen LogP contribution in [0.2, 0.25) is 0 Å². The van der Waals surface area contributed by atoms with Crippen LogP contribution >= 0.6 is 0 Å². The lowest BCUT2D eigenvalue weighted by Crippen LogP contribution is -2.33. The second-order valence-corrected chi connectivity index (χ2v) is 5.06. The summed E-state index contributed by atoms with van der Waals surface area (Å²) in [4.78, 5) is 12.1. The molecule has 4 nitrogen and oxygen atoms in total. The average Bonchev–Trinajstić information content (AvgIpc) is 2.95. The van der Waals surface area contributed by atoms with Gasteiger partial charge in [-0.3, -0.25) is 9.48 Å². The van der Waals surface area contributed by atoms with Crippen molar-refractivity contribution in [3.05, 3.63) is 30.1 Å². The molecule has 0 saturated heterocycles. The minimum absolute atomic E-state index is 0.0719. The zero-order valence-corrected chi connectivity index (χ0v) is 11.6. The molecule has 104 valence electrons. The van der Waals surface area contributed by atoms with Crippen molar-refractivity contribution in [2.24, 2.45) is 0 Å². The highest BCUT2D eigenvalue weighted by Crippen LogP contribution is 2.19. The van der Waals surface area contributed by atoms with Gasteiger partial charge in [-0.1, -0.05) is 18.6 Å². The van der Waals surface area contributed by atoms with Crippen LogP contribution in [0.1, 0.15) is 51.5 Å². The molecule has 0 unspecified atom stereocenters. The molecule has 0 radical (unpaired) electrons. The molecule has 1 N–H and O–H groups in total. The summed E-state index contributed by atoms with van der Waals surface area (Å²) >= 11 is 0. The highest BCUT2D eigenvalue weighted by atomic mass is 16.2. The van der Waals surface area contributed by atoms with Gasteiger partial charge < -0.3 is 5.32 Å². The van der Waals surface area contributed by atoms with Crippen LogP contribution in [-0.4, -0.2) is 22.2 Å². The summed E-state index contributed by atoms with van der Waals surface area (Å²) in [5.41, 5.74) is 1.50. The number of carbonyl (C=O) groups excluding carboxylic acids is 1. The summed E-state index contributed by atoms with van der Waals surface area (Å²) in [5, 5.41) is 7.18. The van der Waals surface area contributed by atoms with Crippen molar-refractivity contribution < 1.29 is 4.79 Å². The molecule has 0 saturated carbocycles. The predicted octanol–water partition coefficient (Wildman–Crippen LogP) is 2.84. The smallest absolute Gasteiger partial charge is 0.244 e. The third-order valence-electron chi connectivity index (χ3n) is 3.66. The summed E-state index contributed by atoms with van der Waals surface area (Å²) in [6.45, 7) is 2.75. The third-order valence-corrected chi connectivity index (χ3v) is 3.66. The second kappa shape index (κ2) is 7.12. The van der Waals surface area contributed by atoms with Gasteiger partial charge >= 0.3 is 0 Å². The van der Waals surface area contributed by atoms with Crippen LogP contribution in [0, 0.1) is 0 Å². The summed E-state index contributed by atoms with van der Waals surface area (Å²) in [7, 11) is 0. The first-order chi connectivity index (χ1) is 9.31. The Kier molecular flexibility index (Phi) is 5.19. The second-order valence-electron chi connectivity index (χ2n) is 5.06. The zero-order valence-electron chi connectivity index (χ0n) is 11.6. The van der Waals surface area contributed by atoms with Gasteiger partial charge in [0.15, 0.2) is 0 Å². The van der Waals surface area contributed by atoms with E-state index in [4.69, 9.17) is 0 Å². The maximum absolute atomic E-state index is 12.1. The Hall–Kier alpha value is -1.58. The Morgan fingerprint density at radius 2 is 2.42 bits per heavy atom.